The third-order valence-corrected chi connectivity index (χ3v) is 3.62. The largest absolute Gasteiger partial charge is 0.360 e. The number of halogens is 1. The van der Waals surface area contributed by atoms with Crippen LogP contribution < -0.4 is 16.4 Å². The highest BCUT2D eigenvalue weighted by Crippen LogP contribution is 2.11. The average Bonchev–Trinajstić information content (AvgIpc) is 2.98. The Labute approximate surface area is 146 Å². The van der Waals surface area contributed by atoms with Crippen molar-refractivity contribution in [3.05, 3.63) is 74.2 Å². The summed E-state index contributed by atoms with van der Waals surface area (Å²) in [5.41, 5.74) is -1.08. The SMILES string of the molecule is Cc1cc(NC(=O)Cn2ccn(-c3ccc(Cl)cc3)c(=O)c2=O)no1. The highest BCUT2D eigenvalue weighted by atomic mass is 35.5. The lowest BCUT2D eigenvalue weighted by Gasteiger charge is -2.08. The van der Waals surface area contributed by atoms with Gasteiger partial charge in [-0.05, 0) is 31.2 Å². The second-order valence-electron chi connectivity index (χ2n) is 5.25. The fourth-order valence-corrected chi connectivity index (χ4v) is 2.33. The Bertz CT molecular complexity index is 1030. The van der Waals surface area contributed by atoms with Gasteiger partial charge in [-0.2, -0.15) is 0 Å². The Balaban J connectivity index is 1.83. The van der Waals surface area contributed by atoms with Crippen LogP contribution in [0.3, 0.4) is 0 Å². The summed E-state index contributed by atoms with van der Waals surface area (Å²) >= 11 is 5.81. The van der Waals surface area contributed by atoms with E-state index in [0.717, 1.165) is 4.57 Å². The number of carbonyl (C=O) groups excluding carboxylic acids is 1. The highest BCUT2D eigenvalue weighted by molar-refractivity contribution is 6.30. The molecule has 0 aliphatic rings. The Hall–Kier alpha value is -3.13. The molecule has 0 aliphatic heterocycles. The predicted molar refractivity (Wildman–Crippen MR) is 91.2 cm³/mol. The van der Waals surface area contributed by atoms with Crippen LogP contribution in [0.15, 0.2) is 56.8 Å². The summed E-state index contributed by atoms with van der Waals surface area (Å²) in [4.78, 5) is 36.4. The molecule has 3 rings (SSSR count). The number of carbonyl (C=O) groups is 1. The fourth-order valence-electron chi connectivity index (χ4n) is 2.20. The van der Waals surface area contributed by atoms with Gasteiger partial charge in [-0.15, -0.1) is 0 Å². The molecule has 1 aromatic carbocycles. The van der Waals surface area contributed by atoms with Gasteiger partial charge in [-0.3, -0.25) is 23.5 Å². The number of rotatable bonds is 4. The lowest BCUT2D eigenvalue weighted by molar-refractivity contribution is -0.116. The number of nitrogens with zero attached hydrogens (tertiary/aromatic N) is 3. The first-order valence-corrected chi connectivity index (χ1v) is 7.63. The van der Waals surface area contributed by atoms with Crippen molar-refractivity contribution in [2.75, 3.05) is 5.32 Å². The molecule has 8 nitrogen and oxygen atoms in total. The van der Waals surface area contributed by atoms with E-state index in [2.05, 4.69) is 10.5 Å². The number of nitrogens with one attached hydrogen (secondary N) is 1. The molecule has 0 spiro atoms. The van der Waals surface area contributed by atoms with Crippen molar-refractivity contribution in [3.63, 3.8) is 0 Å². The van der Waals surface area contributed by atoms with Gasteiger partial charge in [0.15, 0.2) is 5.82 Å². The van der Waals surface area contributed by atoms with Crippen LogP contribution in [0.25, 0.3) is 5.69 Å². The lowest BCUT2D eigenvalue weighted by atomic mass is 10.3. The summed E-state index contributed by atoms with van der Waals surface area (Å²) in [5.74, 6) is 0.280. The van der Waals surface area contributed by atoms with Crippen molar-refractivity contribution in [3.8, 4) is 5.69 Å². The van der Waals surface area contributed by atoms with Crippen molar-refractivity contribution in [1.29, 1.82) is 0 Å². The van der Waals surface area contributed by atoms with Gasteiger partial charge in [0.25, 0.3) is 0 Å². The van der Waals surface area contributed by atoms with E-state index in [4.69, 9.17) is 16.1 Å². The maximum absolute atomic E-state index is 12.3. The first kappa shape index (κ1) is 16.7. The molecule has 9 heteroatoms. The van der Waals surface area contributed by atoms with Crippen LogP contribution in [0.1, 0.15) is 5.76 Å². The summed E-state index contributed by atoms with van der Waals surface area (Å²) in [7, 11) is 0. The molecule has 0 radical (unpaired) electrons. The monoisotopic (exact) mass is 360 g/mol. The first-order valence-electron chi connectivity index (χ1n) is 7.25. The molecule has 0 aliphatic carbocycles. The molecule has 1 N–H and O–H groups in total. The third kappa shape index (κ3) is 3.69. The number of benzene rings is 1. The van der Waals surface area contributed by atoms with E-state index < -0.39 is 17.0 Å². The smallest absolute Gasteiger partial charge is 0.320 e. The van der Waals surface area contributed by atoms with Crippen LogP contribution in [-0.2, 0) is 11.3 Å². The van der Waals surface area contributed by atoms with E-state index in [1.165, 1.54) is 17.0 Å². The number of hydrogen-bond acceptors (Lipinski definition) is 5. The molecule has 3 aromatic rings. The van der Waals surface area contributed by atoms with Gasteiger partial charge < -0.3 is 9.84 Å². The molecule has 2 heterocycles. The van der Waals surface area contributed by atoms with Crippen molar-refractivity contribution >= 4 is 23.3 Å². The Morgan fingerprint density at radius 1 is 1.20 bits per heavy atom. The zero-order valence-corrected chi connectivity index (χ0v) is 13.9. The van der Waals surface area contributed by atoms with Gasteiger partial charge in [0.05, 0.1) is 0 Å². The summed E-state index contributed by atoms with van der Waals surface area (Å²) in [6.07, 6.45) is 2.78. The minimum Gasteiger partial charge on any atom is -0.360 e. The second-order valence-corrected chi connectivity index (χ2v) is 5.69. The highest BCUT2D eigenvalue weighted by Gasteiger charge is 2.11. The molecule has 0 bridgehead atoms. The van der Waals surface area contributed by atoms with Crippen LogP contribution in [0.5, 0.6) is 0 Å². The predicted octanol–water partition coefficient (Wildman–Crippen LogP) is 1.59. The van der Waals surface area contributed by atoms with Crippen LogP contribution in [-0.4, -0.2) is 20.2 Å². The Morgan fingerprint density at radius 2 is 1.92 bits per heavy atom. The molecule has 128 valence electrons. The van der Waals surface area contributed by atoms with Gasteiger partial charge in [-0.25, -0.2) is 0 Å². The van der Waals surface area contributed by atoms with Crippen molar-refractivity contribution < 1.29 is 9.32 Å². The van der Waals surface area contributed by atoms with Crippen molar-refractivity contribution in [2.24, 2.45) is 0 Å². The average molecular weight is 361 g/mol. The number of aromatic nitrogens is 3. The number of aryl methyl sites for hydroxylation is 1. The number of hydrogen-bond donors (Lipinski definition) is 1. The summed E-state index contributed by atoms with van der Waals surface area (Å²) in [6.45, 7) is 1.37. The van der Waals surface area contributed by atoms with Gasteiger partial charge in [0.1, 0.15) is 12.3 Å². The number of amides is 1. The maximum Gasteiger partial charge on any atom is 0.320 e. The number of anilines is 1. The van der Waals surface area contributed by atoms with Crippen LogP contribution in [0.2, 0.25) is 5.02 Å². The summed E-state index contributed by atoms with van der Waals surface area (Å²) in [5, 5.41) is 6.63. The molecule has 0 saturated heterocycles. The van der Waals surface area contributed by atoms with Gasteiger partial charge in [0, 0.05) is 29.2 Å². The van der Waals surface area contributed by atoms with Crippen LogP contribution >= 0.6 is 11.6 Å². The van der Waals surface area contributed by atoms with Crippen molar-refractivity contribution in [1.82, 2.24) is 14.3 Å². The molecule has 0 unspecified atom stereocenters. The quantitative estimate of drug-likeness (QED) is 0.712. The molecular weight excluding hydrogens is 348 g/mol. The molecule has 0 fully saturated rings. The molecular formula is C16H13ClN4O4. The molecule has 0 atom stereocenters. The van der Waals surface area contributed by atoms with E-state index in [0.29, 0.717) is 16.5 Å². The van der Waals surface area contributed by atoms with Gasteiger partial charge in [-0.1, -0.05) is 16.8 Å². The molecule has 1 amide bonds. The van der Waals surface area contributed by atoms with E-state index in [-0.39, 0.29) is 12.4 Å². The molecule has 2 aromatic heterocycles. The van der Waals surface area contributed by atoms with Crippen LogP contribution in [0, 0.1) is 6.92 Å². The Kier molecular flexibility index (Phi) is 4.53. The topological polar surface area (TPSA) is 99.1 Å². The maximum atomic E-state index is 12.3. The minimum absolute atomic E-state index is 0.241. The van der Waals surface area contributed by atoms with Crippen LogP contribution in [0.4, 0.5) is 5.82 Å². The Morgan fingerprint density at radius 3 is 2.56 bits per heavy atom. The molecule has 0 saturated carbocycles. The van der Waals surface area contributed by atoms with E-state index >= 15 is 0 Å². The molecule has 25 heavy (non-hydrogen) atoms. The van der Waals surface area contributed by atoms with Crippen molar-refractivity contribution in [2.45, 2.75) is 13.5 Å². The lowest BCUT2D eigenvalue weighted by Crippen LogP contribution is -2.41. The van der Waals surface area contributed by atoms with E-state index in [1.54, 1.807) is 37.3 Å². The standard InChI is InChI=1S/C16H13ClN4O4/c1-10-8-13(19-25-10)18-14(22)9-20-6-7-21(16(24)15(20)23)12-4-2-11(17)3-5-12/h2-8H,9H2,1H3,(H,18,19,22). The zero-order chi connectivity index (χ0) is 18.0. The summed E-state index contributed by atoms with van der Waals surface area (Å²) in [6, 6.07) is 8.00. The normalized spacial score (nSPS) is 10.6. The van der Waals surface area contributed by atoms with Gasteiger partial charge in [0.2, 0.25) is 5.91 Å². The fraction of sp³-hybridized carbons (Fsp3) is 0.125. The van der Waals surface area contributed by atoms with E-state index in [1.807, 2.05) is 0 Å². The summed E-state index contributed by atoms with van der Waals surface area (Å²) < 4.78 is 7.05. The zero-order valence-electron chi connectivity index (χ0n) is 13.1. The van der Waals surface area contributed by atoms with E-state index in [9.17, 15) is 14.4 Å². The third-order valence-electron chi connectivity index (χ3n) is 3.37. The second kappa shape index (κ2) is 6.78. The van der Waals surface area contributed by atoms with Gasteiger partial charge >= 0.3 is 11.1 Å². The first-order chi connectivity index (χ1) is 11.9. The minimum atomic E-state index is -0.816.